The van der Waals surface area contributed by atoms with E-state index in [0.717, 1.165) is 28.0 Å². The lowest BCUT2D eigenvalue weighted by Crippen LogP contribution is -2.36. The predicted octanol–water partition coefficient (Wildman–Crippen LogP) is 2.82. The topological polar surface area (TPSA) is 55.8 Å². The van der Waals surface area contributed by atoms with E-state index in [9.17, 15) is 8.42 Å². The van der Waals surface area contributed by atoms with Crippen molar-refractivity contribution >= 4 is 10.0 Å². The molecule has 0 bridgehead atoms. The molecule has 2 aliphatic rings. The maximum absolute atomic E-state index is 13.0. The zero-order chi connectivity index (χ0) is 17.6. The third kappa shape index (κ3) is 2.89. The molecule has 0 spiro atoms. The van der Waals surface area contributed by atoms with Crippen LogP contribution in [0.2, 0.25) is 0 Å². The molecule has 0 fully saturated rings. The Kier molecular flexibility index (Phi) is 3.96. The standard InChI is InChI=1S/C19H21NO4S/c1-13-3-4-17(9-14(13)2)25(21,22)20-6-5-15-10-18-19(11-16(15)12-20)24-8-7-23-18/h3-4,9-11H,5-8,12H2,1-2H3. The lowest BCUT2D eigenvalue weighted by Gasteiger charge is -2.30. The van der Waals surface area contributed by atoms with Gasteiger partial charge in [-0.2, -0.15) is 4.31 Å². The van der Waals surface area contributed by atoms with E-state index in [1.807, 2.05) is 32.0 Å². The third-order valence-electron chi connectivity index (χ3n) is 4.96. The number of benzene rings is 2. The van der Waals surface area contributed by atoms with Crippen LogP contribution in [0.25, 0.3) is 0 Å². The molecule has 0 atom stereocenters. The van der Waals surface area contributed by atoms with E-state index < -0.39 is 10.0 Å². The molecule has 0 radical (unpaired) electrons. The van der Waals surface area contributed by atoms with Crippen LogP contribution in [0, 0.1) is 13.8 Å². The van der Waals surface area contributed by atoms with Crippen molar-refractivity contribution < 1.29 is 17.9 Å². The Morgan fingerprint density at radius 1 is 0.920 bits per heavy atom. The quantitative estimate of drug-likeness (QED) is 0.827. The van der Waals surface area contributed by atoms with Crippen LogP contribution in [0.15, 0.2) is 35.2 Å². The lowest BCUT2D eigenvalue weighted by atomic mass is 10.00. The van der Waals surface area contributed by atoms with E-state index in [-0.39, 0.29) is 0 Å². The first-order valence-electron chi connectivity index (χ1n) is 8.44. The highest BCUT2D eigenvalue weighted by molar-refractivity contribution is 7.89. The number of nitrogens with zero attached hydrogens (tertiary/aromatic N) is 1. The fraction of sp³-hybridized carbons (Fsp3) is 0.368. The molecule has 0 saturated heterocycles. The summed E-state index contributed by atoms with van der Waals surface area (Å²) in [7, 11) is -3.50. The summed E-state index contributed by atoms with van der Waals surface area (Å²) < 4.78 is 38.8. The molecule has 6 heteroatoms. The minimum absolute atomic E-state index is 0.358. The zero-order valence-corrected chi connectivity index (χ0v) is 15.2. The Morgan fingerprint density at radius 3 is 2.28 bits per heavy atom. The third-order valence-corrected chi connectivity index (χ3v) is 6.80. The Bertz CT molecular complexity index is 937. The molecular weight excluding hydrogens is 338 g/mol. The van der Waals surface area contributed by atoms with Gasteiger partial charge >= 0.3 is 0 Å². The van der Waals surface area contributed by atoms with Gasteiger partial charge < -0.3 is 9.47 Å². The molecule has 0 N–H and O–H groups in total. The first-order valence-corrected chi connectivity index (χ1v) is 9.88. The van der Waals surface area contributed by atoms with Crippen molar-refractivity contribution in [2.75, 3.05) is 19.8 Å². The highest BCUT2D eigenvalue weighted by Crippen LogP contribution is 2.36. The van der Waals surface area contributed by atoms with Crippen LogP contribution in [0.4, 0.5) is 0 Å². The van der Waals surface area contributed by atoms with Crippen LogP contribution in [0.5, 0.6) is 11.5 Å². The number of hydrogen-bond donors (Lipinski definition) is 0. The average Bonchev–Trinajstić information content (AvgIpc) is 2.61. The van der Waals surface area contributed by atoms with Gasteiger partial charge in [0.2, 0.25) is 10.0 Å². The van der Waals surface area contributed by atoms with Gasteiger partial charge in [-0.15, -0.1) is 0 Å². The Hall–Kier alpha value is -2.05. The van der Waals surface area contributed by atoms with Gasteiger partial charge in [0, 0.05) is 13.1 Å². The minimum Gasteiger partial charge on any atom is -0.486 e. The lowest BCUT2D eigenvalue weighted by molar-refractivity contribution is 0.171. The van der Waals surface area contributed by atoms with Gasteiger partial charge in [0.1, 0.15) is 13.2 Å². The maximum atomic E-state index is 13.0. The summed E-state index contributed by atoms with van der Waals surface area (Å²) in [5.41, 5.74) is 4.20. The molecule has 25 heavy (non-hydrogen) atoms. The predicted molar refractivity (Wildman–Crippen MR) is 94.6 cm³/mol. The Balaban J connectivity index is 1.66. The van der Waals surface area contributed by atoms with Crippen molar-refractivity contribution in [3.8, 4) is 11.5 Å². The van der Waals surface area contributed by atoms with Crippen LogP contribution >= 0.6 is 0 Å². The van der Waals surface area contributed by atoms with Crippen LogP contribution in [-0.4, -0.2) is 32.5 Å². The molecule has 0 aliphatic carbocycles. The van der Waals surface area contributed by atoms with E-state index in [4.69, 9.17) is 9.47 Å². The second kappa shape index (κ2) is 6.04. The molecule has 2 aromatic carbocycles. The molecule has 0 amide bonds. The number of fused-ring (bicyclic) bond motifs is 2. The van der Waals surface area contributed by atoms with Crippen molar-refractivity contribution in [2.45, 2.75) is 31.7 Å². The van der Waals surface area contributed by atoms with Gasteiger partial charge in [0.25, 0.3) is 0 Å². The first-order chi connectivity index (χ1) is 11.9. The smallest absolute Gasteiger partial charge is 0.243 e. The normalized spacial score (nSPS) is 17.2. The highest BCUT2D eigenvalue weighted by Gasteiger charge is 2.30. The van der Waals surface area contributed by atoms with Gasteiger partial charge in [-0.1, -0.05) is 6.07 Å². The molecule has 4 rings (SSSR count). The SMILES string of the molecule is Cc1ccc(S(=O)(=O)N2CCc3cc4c(cc3C2)OCCO4)cc1C. The van der Waals surface area contributed by atoms with Gasteiger partial charge in [-0.05, 0) is 66.8 Å². The zero-order valence-electron chi connectivity index (χ0n) is 14.4. The summed E-state index contributed by atoms with van der Waals surface area (Å²) in [5.74, 6) is 1.46. The van der Waals surface area contributed by atoms with Gasteiger partial charge in [-0.25, -0.2) is 8.42 Å². The van der Waals surface area contributed by atoms with E-state index in [2.05, 4.69) is 0 Å². The van der Waals surface area contributed by atoms with E-state index in [1.54, 1.807) is 16.4 Å². The highest BCUT2D eigenvalue weighted by atomic mass is 32.2. The number of sulfonamides is 1. The van der Waals surface area contributed by atoms with Crippen molar-refractivity contribution in [3.63, 3.8) is 0 Å². The molecule has 2 aromatic rings. The molecule has 2 aliphatic heterocycles. The monoisotopic (exact) mass is 359 g/mol. The van der Waals surface area contributed by atoms with Crippen LogP contribution in [0.1, 0.15) is 22.3 Å². The van der Waals surface area contributed by atoms with Gasteiger partial charge in [-0.3, -0.25) is 0 Å². The first kappa shape index (κ1) is 16.4. The summed E-state index contributed by atoms with van der Waals surface area (Å²) in [5, 5.41) is 0. The number of aryl methyl sites for hydroxylation is 2. The van der Waals surface area contributed by atoms with Crippen LogP contribution in [0.3, 0.4) is 0 Å². The largest absolute Gasteiger partial charge is 0.486 e. The maximum Gasteiger partial charge on any atom is 0.243 e. The molecule has 0 unspecified atom stereocenters. The molecule has 0 aromatic heterocycles. The van der Waals surface area contributed by atoms with Crippen molar-refractivity contribution in [1.82, 2.24) is 4.31 Å². The van der Waals surface area contributed by atoms with Gasteiger partial charge in [0.15, 0.2) is 11.5 Å². The second-order valence-corrected chi connectivity index (χ2v) is 8.54. The van der Waals surface area contributed by atoms with E-state index in [1.165, 1.54) is 0 Å². The van der Waals surface area contributed by atoms with Crippen molar-refractivity contribution in [3.05, 3.63) is 52.6 Å². The van der Waals surface area contributed by atoms with E-state index in [0.29, 0.717) is 43.4 Å². The molecule has 2 heterocycles. The summed E-state index contributed by atoms with van der Waals surface area (Å²) in [4.78, 5) is 0.358. The fourth-order valence-corrected chi connectivity index (χ4v) is 4.80. The number of rotatable bonds is 2. The summed E-state index contributed by atoms with van der Waals surface area (Å²) in [6.45, 7) is 5.83. The Labute approximate surface area is 148 Å². The second-order valence-electron chi connectivity index (χ2n) is 6.60. The molecular formula is C19H21NO4S. The minimum atomic E-state index is -3.50. The van der Waals surface area contributed by atoms with Crippen LogP contribution < -0.4 is 9.47 Å². The summed E-state index contributed by atoms with van der Waals surface area (Å²) in [6.07, 6.45) is 0.677. The number of hydrogen-bond acceptors (Lipinski definition) is 4. The average molecular weight is 359 g/mol. The van der Waals surface area contributed by atoms with Crippen molar-refractivity contribution in [2.24, 2.45) is 0 Å². The molecule has 0 saturated carbocycles. The fourth-order valence-electron chi connectivity index (χ4n) is 3.30. The van der Waals surface area contributed by atoms with Crippen LogP contribution in [-0.2, 0) is 23.0 Å². The summed E-state index contributed by atoms with van der Waals surface area (Å²) in [6, 6.07) is 9.22. The van der Waals surface area contributed by atoms with Gasteiger partial charge in [0.05, 0.1) is 4.90 Å². The number of ether oxygens (including phenoxy) is 2. The van der Waals surface area contributed by atoms with Crippen molar-refractivity contribution in [1.29, 1.82) is 0 Å². The molecule has 132 valence electrons. The summed E-state index contributed by atoms with van der Waals surface area (Å²) >= 11 is 0. The van der Waals surface area contributed by atoms with E-state index >= 15 is 0 Å². The molecule has 5 nitrogen and oxygen atoms in total. The Morgan fingerprint density at radius 2 is 1.60 bits per heavy atom.